The maximum Gasteiger partial charge on any atom is 0.243 e. The molecule has 18 heavy (non-hydrogen) atoms. The quantitative estimate of drug-likeness (QED) is 0.828. The van der Waals surface area contributed by atoms with Crippen molar-refractivity contribution in [3.05, 3.63) is 24.0 Å². The van der Waals surface area contributed by atoms with Crippen LogP contribution in [0.2, 0.25) is 0 Å². The molecule has 1 fully saturated rings. The van der Waals surface area contributed by atoms with Crippen LogP contribution in [0.25, 0.3) is 0 Å². The Morgan fingerprint density at radius 2 is 2.39 bits per heavy atom. The van der Waals surface area contributed by atoms with Gasteiger partial charge in [-0.2, -0.15) is 5.26 Å². The normalized spacial score (nSPS) is 20.8. The van der Waals surface area contributed by atoms with Crippen molar-refractivity contribution in [2.24, 2.45) is 0 Å². The zero-order valence-electron chi connectivity index (χ0n) is 10.00. The summed E-state index contributed by atoms with van der Waals surface area (Å²) in [5.74, 6) is 0. The van der Waals surface area contributed by atoms with Gasteiger partial charge in [0.05, 0.1) is 0 Å². The van der Waals surface area contributed by atoms with Crippen molar-refractivity contribution in [2.45, 2.75) is 17.4 Å². The summed E-state index contributed by atoms with van der Waals surface area (Å²) in [5, 5.41) is 8.87. The fourth-order valence-electron chi connectivity index (χ4n) is 2.01. The summed E-state index contributed by atoms with van der Waals surface area (Å²) in [6, 6.07) is 4.60. The Morgan fingerprint density at radius 1 is 1.61 bits per heavy atom. The minimum absolute atomic E-state index is 0.0537. The number of aromatic nitrogens is 1. The van der Waals surface area contributed by atoms with E-state index in [1.54, 1.807) is 6.07 Å². The predicted molar refractivity (Wildman–Crippen MR) is 65.2 cm³/mol. The van der Waals surface area contributed by atoms with Crippen LogP contribution in [-0.2, 0) is 10.0 Å². The standard InChI is InChI=1S/C11H14N4O2S/c1-15-6-4-9(8-15)14-18(16,17)11-3-2-5-13-10(11)7-12/h2-3,5,9,14H,4,6,8H2,1H3. The molecule has 1 aliphatic heterocycles. The molecule has 1 N–H and O–H groups in total. The van der Waals surface area contributed by atoms with Crippen molar-refractivity contribution < 1.29 is 8.42 Å². The zero-order chi connectivity index (χ0) is 13.2. The third-order valence-electron chi connectivity index (χ3n) is 2.88. The average Bonchev–Trinajstić information content (AvgIpc) is 2.74. The highest BCUT2D eigenvalue weighted by Gasteiger charge is 2.27. The van der Waals surface area contributed by atoms with E-state index in [-0.39, 0.29) is 16.6 Å². The molecule has 0 aliphatic carbocycles. The van der Waals surface area contributed by atoms with Crippen molar-refractivity contribution in [2.75, 3.05) is 20.1 Å². The molecule has 0 radical (unpaired) electrons. The molecule has 2 heterocycles. The van der Waals surface area contributed by atoms with Gasteiger partial charge in [0, 0.05) is 18.8 Å². The molecule has 0 amide bonds. The largest absolute Gasteiger partial charge is 0.305 e. The average molecular weight is 266 g/mol. The number of sulfonamides is 1. The highest BCUT2D eigenvalue weighted by Crippen LogP contribution is 2.15. The first-order valence-electron chi connectivity index (χ1n) is 5.59. The van der Waals surface area contributed by atoms with Gasteiger partial charge in [-0.05, 0) is 32.1 Å². The van der Waals surface area contributed by atoms with Gasteiger partial charge in [0.25, 0.3) is 0 Å². The minimum atomic E-state index is -3.67. The van der Waals surface area contributed by atoms with Crippen LogP contribution in [0.4, 0.5) is 0 Å². The van der Waals surface area contributed by atoms with Crippen LogP contribution < -0.4 is 4.72 Å². The monoisotopic (exact) mass is 266 g/mol. The number of nitrogens with one attached hydrogen (secondary N) is 1. The summed E-state index contributed by atoms with van der Waals surface area (Å²) in [7, 11) is -1.73. The zero-order valence-corrected chi connectivity index (χ0v) is 10.8. The summed E-state index contributed by atoms with van der Waals surface area (Å²) in [6.45, 7) is 1.55. The first-order valence-corrected chi connectivity index (χ1v) is 7.07. The van der Waals surface area contributed by atoms with E-state index in [4.69, 9.17) is 5.26 Å². The molecule has 1 unspecified atom stereocenters. The molecule has 6 nitrogen and oxygen atoms in total. The molecule has 0 bridgehead atoms. The van der Waals surface area contributed by atoms with Crippen LogP contribution in [0.1, 0.15) is 12.1 Å². The number of nitrogens with zero attached hydrogens (tertiary/aromatic N) is 3. The van der Waals surface area contributed by atoms with Gasteiger partial charge in [-0.15, -0.1) is 0 Å². The molecule has 96 valence electrons. The van der Waals surface area contributed by atoms with Crippen molar-refractivity contribution in [1.82, 2.24) is 14.6 Å². The second kappa shape index (κ2) is 5.02. The van der Waals surface area contributed by atoms with Gasteiger partial charge in [0.15, 0.2) is 5.69 Å². The molecule has 1 saturated heterocycles. The highest BCUT2D eigenvalue weighted by molar-refractivity contribution is 7.89. The number of pyridine rings is 1. The second-order valence-electron chi connectivity index (χ2n) is 4.33. The number of hydrogen-bond donors (Lipinski definition) is 1. The van der Waals surface area contributed by atoms with Crippen molar-refractivity contribution in [1.29, 1.82) is 5.26 Å². The predicted octanol–water partition coefficient (Wildman–Crippen LogP) is -0.0643. The number of nitriles is 1. The third-order valence-corrected chi connectivity index (χ3v) is 4.43. The second-order valence-corrected chi connectivity index (χ2v) is 6.01. The Kier molecular flexibility index (Phi) is 3.61. The van der Waals surface area contributed by atoms with Gasteiger partial charge in [-0.3, -0.25) is 0 Å². The van der Waals surface area contributed by atoms with Crippen LogP contribution in [0.15, 0.2) is 23.2 Å². The molecule has 1 atom stereocenters. The summed E-state index contributed by atoms with van der Waals surface area (Å²) in [6.07, 6.45) is 2.18. The van der Waals surface area contributed by atoms with E-state index in [1.807, 2.05) is 7.05 Å². The Labute approximate surface area is 106 Å². The first kappa shape index (κ1) is 13.0. The van der Waals surface area contributed by atoms with E-state index in [1.165, 1.54) is 18.3 Å². The molecule has 2 rings (SSSR count). The third kappa shape index (κ3) is 2.67. The first-order chi connectivity index (χ1) is 8.53. The van der Waals surface area contributed by atoms with Crippen LogP contribution in [0.3, 0.4) is 0 Å². The number of hydrogen-bond acceptors (Lipinski definition) is 5. The van der Waals surface area contributed by atoms with E-state index in [0.717, 1.165) is 13.0 Å². The summed E-state index contributed by atoms with van der Waals surface area (Å²) in [4.78, 5) is 5.77. The lowest BCUT2D eigenvalue weighted by atomic mass is 10.3. The van der Waals surface area contributed by atoms with Gasteiger partial charge < -0.3 is 4.90 Å². The maximum atomic E-state index is 12.2. The van der Waals surface area contributed by atoms with Crippen molar-refractivity contribution >= 4 is 10.0 Å². The lowest BCUT2D eigenvalue weighted by molar-refractivity contribution is 0.407. The van der Waals surface area contributed by atoms with Crippen molar-refractivity contribution in [3.8, 4) is 6.07 Å². The van der Waals surface area contributed by atoms with E-state index in [0.29, 0.717) is 6.54 Å². The molecule has 0 saturated carbocycles. The van der Waals surface area contributed by atoms with E-state index < -0.39 is 10.0 Å². The van der Waals surface area contributed by atoms with Crippen molar-refractivity contribution in [3.63, 3.8) is 0 Å². The molecular weight excluding hydrogens is 252 g/mol. The maximum absolute atomic E-state index is 12.2. The van der Waals surface area contributed by atoms with E-state index in [9.17, 15) is 8.42 Å². The SMILES string of the molecule is CN1CCC(NS(=O)(=O)c2cccnc2C#N)C1. The van der Waals surface area contributed by atoms with Crippen LogP contribution in [-0.4, -0.2) is 44.5 Å². The number of likely N-dealkylation sites (tertiary alicyclic amines) is 1. The summed E-state index contributed by atoms with van der Waals surface area (Å²) in [5.41, 5.74) is -0.0728. The summed E-state index contributed by atoms with van der Waals surface area (Å²) < 4.78 is 26.9. The van der Waals surface area contributed by atoms with Gasteiger partial charge in [-0.1, -0.05) is 0 Å². The minimum Gasteiger partial charge on any atom is -0.305 e. The molecule has 7 heteroatoms. The van der Waals surface area contributed by atoms with Crippen LogP contribution >= 0.6 is 0 Å². The Morgan fingerprint density at radius 3 is 3.00 bits per heavy atom. The van der Waals surface area contributed by atoms with Gasteiger partial charge in [0.2, 0.25) is 10.0 Å². The smallest absolute Gasteiger partial charge is 0.243 e. The van der Waals surface area contributed by atoms with Crippen LogP contribution in [0, 0.1) is 11.3 Å². The Hall–Kier alpha value is -1.49. The van der Waals surface area contributed by atoms with Gasteiger partial charge in [0.1, 0.15) is 11.0 Å². The van der Waals surface area contributed by atoms with Crippen LogP contribution in [0.5, 0.6) is 0 Å². The molecule has 1 aromatic heterocycles. The number of likely N-dealkylation sites (N-methyl/N-ethyl adjacent to an activating group) is 1. The molecule has 1 aromatic rings. The molecule has 0 spiro atoms. The number of rotatable bonds is 3. The topological polar surface area (TPSA) is 86.1 Å². The molecule has 1 aliphatic rings. The molecule has 0 aromatic carbocycles. The van der Waals surface area contributed by atoms with Gasteiger partial charge in [-0.25, -0.2) is 18.1 Å². The van der Waals surface area contributed by atoms with Gasteiger partial charge >= 0.3 is 0 Å². The van der Waals surface area contributed by atoms with E-state index in [2.05, 4.69) is 14.6 Å². The fourth-order valence-corrected chi connectivity index (χ4v) is 3.37. The molecular formula is C11H14N4O2S. The fraction of sp³-hybridized carbons (Fsp3) is 0.455. The highest BCUT2D eigenvalue weighted by atomic mass is 32.2. The summed E-state index contributed by atoms with van der Waals surface area (Å²) >= 11 is 0. The lowest BCUT2D eigenvalue weighted by Gasteiger charge is -2.13. The Balaban J connectivity index is 2.24. The lowest BCUT2D eigenvalue weighted by Crippen LogP contribution is -2.36. The van der Waals surface area contributed by atoms with E-state index >= 15 is 0 Å². The Bertz CT molecular complexity index is 579.